The molecule has 0 bridgehead atoms. The third-order valence-corrected chi connectivity index (χ3v) is 8.09. The highest BCUT2D eigenvalue weighted by Crippen LogP contribution is 2.28. The van der Waals surface area contributed by atoms with Crippen LogP contribution in [0.5, 0.6) is 0 Å². The Bertz CT molecular complexity index is 1550. The van der Waals surface area contributed by atoms with Crippen LogP contribution in [0.25, 0.3) is 22.5 Å². The zero-order valence-corrected chi connectivity index (χ0v) is 21.7. The topological polar surface area (TPSA) is 89.4 Å². The molecular formula is C29H27N3O4S. The Labute approximate surface area is 216 Å². The first kappa shape index (κ1) is 24.7. The average Bonchev–Trinajstić information content (AvgIpc) is 3.54. The lowest BCUT2D eigenvalue weighted by atomic mass is 10.1. The Morgan fingerprint density at radius 2 is 1.14 bits per heavy atom. The Morgan fingerprint density at radius 3 is 1.59 bits per heavy atom. The molecule has 0 radical (unpaired) electrons. The van der Waals surface area contributed by atoms with Crippen molar-refractivity contribution in [3.8, 4) is 22.5 Å². The predicted molar refractivity (Wildman–Crippen MR) is 141 cm³/mol. The predicted octanol–water partition coefficient (Wildman–Crippen LogP) is 6.31. The van der Waals surface area contributed by atoms with Crippen molar-refractivity contribution in [3.05, 3.63) is 113 Å². The molecular weight excluding hydrogens is 486 g/mol. The quantitative estimate of drug-likeness (QED) is 0.241. The fourth-order valence-corrected chi connectivity index (χ4v) is 5.55. The number of aromatic nitrogens is 2. The monoisotopic (exact) mass is 513 g/mol. The summed E-state index contributed by atoms with van der Waals surface area (Å²) < 4.78 is 39.9. The van der Waals surface area contributed by atoms with Crippen molar-refractivity contribution in [1.82, 2.24) is 14.6 Å². The van der Waals surface area contributed by atoms with Crippen LogP contribution in [-0.4, -0.2) is 23.0 Å². The molecule has 0 amide bonds. The van der Waals surface area contributed by atoms with Gasteiger partial charge in [0.15, 0.2) is 11.5 Å². The van der Waals surface area contributed by atoms with E-state index in [4.69, 9.17) is 9.05 Å². The molecule has 0 saturated carbocycles. The van der Waals surface area contributed by atoms with E-state index in [9.17, 15) is 8.42 Å². The van der Waals surface area contributed by atoms with Gasteiger partial charge in [0.25, 0.3) is 0 Å². The number of hydrogen-bond donors (Lipinski definition) is 0. The van der Waals surface area contributed by atoms with Gasteiger partial charge in [-0.3, -0.25) is 0 Å². The van der Waals surface area contributed by atoms with Crippen LogP contribution in [0.3, 0.4) is 0 Å². The van der Waals surface area contributed by atoms with Gasteiger partial charge in [-0.1, -0.05) is 76.5 Å². The zero-order chi connectivity index (χ0) is 26.0. The second-order valence-electron chi connectivity index (χ2n) is 9.07. The molecule has 0 aliphatic heterocycles. The van der Waals surface area contributed by atoms with Crippen LogP contribution in [0.2, 0.25) is 0 Å². The summed E-state index contributed by atoms with van der Waals surface area (Å²) >= 11 is 0. The van der Waals surface area contributed by atoms with E-state index in [-0.39, 0.29) is 18.0 Å². The molecule has 2 heterocycles. The molecule has 188 valence electrons. The van der Waals surface area contributed by atoms with Crippen molar-refractivity contribution < 1.29 is 17.5 Å². The smallest absolute Gasteiger partial charge is 0.243 e. The maximum atomic E-state index is 13.7. The van der Waals surface area contributed by atoms with E-state index in [0.717, 1.165) is 27.8 Å². The van der Waals surface area contributed by atoms with Crippen molar-refractivity contribution in [1.29, 1.82) is 0 Å². The molecule has 7 nitrogen and oxygen atoms in total. The molecule has 0 aliphatic rings. The Kier molecular flexibility index (Phi) is 6.78. The highest BCUT2D eigenvalue weighted by Gasteiger charge is 2.28. The fourth-order valence-electron chi connectivity index (χ4n) is 4.18. The van der Waals surface area contributed by atoms with Crippen molar-refractivity contribution in [3.63, 3.8) is 0 Å². The van der Waals surface area contributed by atoms with Crippen molar-refractivity contribution in [2.75, 3.05) is 0 Å². The number of sulfonamides is 1. The normalized spacial score (nSPS) is 11.8. The second-order valence-corrected chi connectivity index (χ2v) is 11.0. The summed E-state index contributed by atoms with van der Waals surface area (Å²) in [6.45, 7) is 5.87. The first-order valence-electron chi connectivity index (χ1n) is 11.9. The van der Waals surface area contributed by atoms with Gasteiger partial charge in [0.2, 0.25) is 10.0 Å². The number of benzene rings is 3. The molecule has 5 aromatic rings. The van der Waals surface area contributed by atoms with Gasteiger partial charge >= 0.3 is 0 Å². The minimum Gasteiger partial charge on any atom is -0.359 e. The van der Waals surface area contributed by atoms with Gasteiger partial charge < -0.3 is 9.05 Å². The van der Waals surface area contributed by atoms with Crippen LogP contribution in [0.1, 0.15) is 28.2 Å². The van der Waals surface area contributed by atoms with Gasteiger partial charge in [0, 0.05) is 23.3 Å². The summed E-state index contributed by atoms with van der Waals surface area (Å²) in [5.41, 5.74) is 6.26. The molecule has 0 aliphatic carbocycles. The van der Waals surface area contributed by atoms with E-state index in [1.807, 2.05) is 69.3 Å². The maximum absolute atomic E-state index is 13.7. The third kappa shape index (κ3) is 5.26. The van der Waals surface area contributed by atoms with E-state index < -0.39 is 10.0 Å². The SMILES string of the molecule is Cc1ccc(S(=O)(=O)N(Cc2cc(-c3ccccc3C)no2)Cc2cc(-c3ccccc3C)no2)cc1. The Hall–Kier alpha value is -4.01. The van der Waals surface area contributed by atoms with Gasteiger partial charge in [-0.2, -0.15) is 4.31 Å². The summed E-state index contributed by atoms with van der Waals surface area (Å²) in [5, 5.41) is 8.39. The van der Waals surface area contributed by atoms with Gasteiger partial charge in [0.05, 0.1) is 18.0 Å². The molecule has 37 heavy (non-hydrogen) atoms. The minimum atomic E-state index is -3.88. The maximum Gasteiger partial charge on any atom is 0.243 e. The molecule has 2 aromatic heterocycles. The number of aryl methyl sites for hydroxylation is 3. The molecule has 0 saturated heterocycles. The van der Waals surface area contributed by atoms with Crippen LogP contribution >= 0.6 is 0 Å². The Morgan fingerprint density at radius 1 is 0.676 bits per heavy atom. The fraction of sp³-hybridized carbons (Fsp3) is 0.172. The minimum absolute atomic E-state index is 0.0184. The standard InChI is InChI=1S/C29H27N3O4S/c1-20-12-14-25(15-13-20)37(33,34)32(18-23-16-28(30-35-23)26-10-6-4-8-21(26)2)19-24-17-29(31-36-24)27-11-7-5-9-22(27)3/h4-17H,18-19H2,1-3H3. The van der Waals surface area contributed by atoms with Crippen LogP contribution < -0.4 is 0 Å². The number of hydrogen-bond acceptors (Lipinski definition) is 6. The van der Waals surface area contributed by atoms with Gasteiger partial charge in [0.1, 0.15) is 11.4 Å². The molecule has 0 atom stereocenters. The average molecular weight is 514 g/mol. The number of nitrogens with zero attached hydrogens (tertiary/aromatic N) is 3. The summed E-state index contributed by atoms with van der Waals surface area (Å²) in [4.78, 5) is 0.190. The first-order chi connectivity index (χ1) is 17.8. The van der Waals surface area contributed by atoms with Gasteiger partial charge in [-0.05, 0) is 44.0 Å². The van der Waals surface area contributed by atoms with Gasteiger partial charge in [-0.15, -0.1) is 0 Å². The van der Waals surface area contributed by atoms with Crippen LogP contribution in [-0.2, 0) is 23.1 Å². The van der Waals surface area contributed by atoms with E-state index in [1.165, 1.54) is 4.31 Å². The highest BCUT2D eigenvalue weighted by molar-refractivity contribution is 7.89. The largest absolute Gasteiger partial charge is 0.359 e. The highest BCUT2D eigenvalue weighted by atomic mass is 32.2. The summed E-state index contributed by atoms with van der Waals surface area (Å²) in [6, 6.07) is 26.0. The van der Waals surface area contributed by atoms with E-state index in [0.29, 0.717) is 22.9 Å². The summed E-state index contributed by atoms with van der Waals surface area (Å²) in [5.74, 6) is 0.847. The van der Waals surface area contributed by atoms with Crippen molar-refractivity contribution in [2.24, 2.45) is 0 Å². The van der Waals surface area contributed by atoms with Crippen LogP contribution in [0, 0.1) is 20.8 Å². The lowest BCUT2D eigenvalue weighted by Crippen LogP contribution is -2.30. The first-order valence-corrected chi connectivity index (χ1v) is 13.4. The molecule has 5 rings (SSSR count). The molecule has 8 heteroatoms. The van der Waals surface area contributed by atoms with E-state index in [2.05, 4.69) is 10.3 Å². The molecule has 0 spiro atoms. The molecule has 0 N–H and O–H groups in total. The van der Waals surface area contributed by atoms with Crippen LogP contribution in [0.15, 0.2) is 98.9 Å². The molecule has 3 aromatic carbocycles. The lowest BCUT2D eigenvalue weighted by Gasteiger charge is -2.19. The van der Waals surface area contributed by atoms with Crippen molar-refractivity contribution in [2.45, 2.75) is 38.8 Å². The van der Waals surface area contributed by atoms with Crippen molar-refractivity contribution >= 4 is 10.0 Å². The second kappa shape index (κ2) is 10.2. The summed E-state index contributed by atoms with van der Waals surface area (Å²) in [7, 11) is -3.88. The Balaban J connectivity index is 1.47. The van der Waals surface area contributed by atoms with Gasteiger partial charge in [-0.25, -0.2) is 8.42 Å². The number of rotatable bonds is 8. The van der Waals surface area contributed by atoms with E-state index >= 15 is 0 Å². The van der Waals surface area contributed by atoms with Crippen LogP contribution in [0.4, 0.5) is 0 Å². The lowest BCUT2D eigenvalue weighted by molar-refractivity contribution is 0.288. The zero-order valence-electron chi connectivity index (χ0n) is 20.9. The third-order valence-electron chi connectivity index (χ3n) is 6.28. The van der Waals surface area contributed by atoms with E-state index in [1.54, 1.807) is 36.4 Å². The summed E-state index contributed by atoms with van der Waals surface area (Å²) in [6.07, 6.45) is 0. The molecule has 0 unspecified atom stereocenters. The molecule has 0 fully saturated rings.